The van der Waals surface area contributed by atoms with Crippen LogP contribution in [-0.4, -0.2) is 22.8 Å². The second kappa shape index (κ2) is 6.26. The van der Waals surface area contributed by atoms with E-state index in [2.05, 4.69) is 15.6 Å². The van der Waals surface area contributed by atoms with E-state index in [1.165, 1.54) is 0 Å². The number of aromatic nitrogens is 1. The summed E-state index contributed by atoms with van der Waals surface area (Å²) in [6, 6.07) is 8.77. The third-order valence-corrected chi connectivity index (χ3v) is 3.01. The number of anilines is 1. The summed E-state index contributed by atoms with van der Waals surface area (Å²) in [7, 11) is 0. The molecule has 0 bridgehead atoms. The molecule has 0 radical (unpaired) electrons. The van der Waals surface area contributed by atoms with Crippen LogP contribution < -0.4 is 10.6 Å². The number of aryl methyl sites for hydroxylation is 1. The third kappa shape index (κ3) is 3.72. The maximum atomic E-state index is 12.0. The molecule has 0 saturated carbocycles. The first-order valence-corrected chi connectivity index (χ1v) is 6.83. The Morgan fingerprint density at radius 3 is 2.52 bits per heavy atom. The van der Waals surface area contributed by atoms with Gasteiger partial charge in [0.1, 0.15) is 5.69 Å². The number of hydrogen-bond donors (Lipinski definition) is 3. The van der Waals surface area contributed by atoms with E-state index in [4.69, 9.17) is 0 Å². The zero-order valence-corrected chi connectivity index (χ0v) is 12.4. The lowest BCUT2D eigenvalue weighted by molar-refractivity contribution is 0.0941. The number of hydrogen-bond acceptors (Lipinski definition) is 2. The first-order valence-electron chi connectivity index (χ1n) is 6.83. The fourth-order valence-electron chi connectivity index (χ4n) is 1.90. The monoisotopic (exact) mass is 285 g/mol. The Morgan fingerprint density at radius 1 is 1.14 bits per heavy atom. The van der Waals surface area contributed by atoms with E-state index < -0.39 is 0 Å². The minimum Gasteiger partial charge on any atom is -0.357 e. The molecule has 3 N–H and O–H groups in total. The van der Waals surface area contributed by atoms with Gasteiger partial charge in [-0.25, -0.2) is 0 Å². The lowest BCUT2D eigenvalue weighted by Crippen LogP contribution is -2.30. The van der Waals surface area contributed by atoms with Gasteiger partial charge in [0.05, 0.1) is 0 Å². The molecule has 0 aliphatic carbocycles. The van der Waals surface area contributed by atoms with E-state index in [0.29, 0.717) is 16.9 Å². The third-order valence-electron chi connectivity index (χ3n) is 3.01. The summed E-state index contributed by atoms with van der Waals surface area (Å²) < 4.78 is 0. The predicted molar refractivity (Wildman–Crippen MR) is 82.5 cm³/mol. The number of nitrogens with one attached hydrogen (secondary N) is 3. The van der Waals surface area contributed by atoms with Gasteiger partial charge in [-0.05, 0) is 50.6 Å². The summed E-state index contributed by atoms with van der Waals surface area (Å²) in [5, 5.41) is 5.64. The molecule has 5 nitrogen and oxygen atoms in total. The zero-order chi connectivity index (χ0) is 15.4. The number of carbonyl (C=O) groups excluding carboxylic acids is 2. The van der Waals surface area contributed by atoms with Crippen molar-refractivity contribution < 1.29 is 9.59 Å². The largest absolute Gasteiger partial charge is 0.357 e. The summed E-state index contributed by atoms with van der Waals surface area (Å²) in [5.74, 6) is -0.384. The van der Waals surface area contributed by atoms with Gasteiger partial charge in [-0.2, -0.15) is 0 Å². The Kier molecular flexibility index (Phi) is 4.42. The molecule has 2 amide bonds. The topological polar surface area (TPSA) is 74.0 Å². The summed E-state index contributed by atoms with van der Waals surface area (Å²) >= 11 is 0. The quantitative estimate of drug-likeness (QED) is 0.808. The Bertz CT molecular complexity index is 646. The molecular formula is C16H19N3O2. The number of carbonyl (C=O) groups is 2. The van der Waals surface area contributed by atoms with Gasteiger partial charge in [-0.15, -0.1) is 0 Å². The van der Waals surface area contributed by atoms with Gasteiger partial charge >= 0.3 is 0 Å². The lowest BCUT2D eigenvalue weighted by Gasteiger charge is -2.12. The Labute approximate surface area is 123 Å². The van der Waals surface area contributed by atoms with E-state index >= 15 is 0 Å². The Morgan fingerprint density at radius 2 is 1.90 bits per heavy atom. The predicted octanol–water partition coefficient (Wildman–Crippen LogP) is 2.71. The van der Waals surface area contributed by atoms with Crippen molar-refractivity contribution in [3.63, 3.8) is 0 Å². The van der Waals surface area contributed by atoms with E-state index in [-0.39, 0.29) is 17.9 Å². The molecule has 110 valence electrons. The second-order valence-corrected chi connectivity index (χ2v) is 5.20. The van der Waals surface area contributed by atoms with Crippen LogP contribution in [0.15, 0.2) is 36.5 Å². The van der Waals surface area contributed by atoms with E-state index in [1.54, 1.807) is 30.5 Å². The molecule has 2 rings (SSSR count). The lowest BCUT2D eigenvalue weighted by atomic mass is 10.1. The van der Waals surface area contributed by atoms with Crippen LogP contribution in [0.3, 0.4) is 0 Å². The summed E-state index contributed by atoms with van der Waals surface area (Å²) in [6.07, 6.45) is 1.69. The Balaban J connectivity index is 2.19. The van der Waals surface area contributed by atoms with E-state index in [9.17, 15) is 9.59 Å². The van der Waals surface area contributed by atoms with Crippen molar-refractivity contribution in [2.24, 2.45) is 0 Å². The smallest absolute Gasteiger partial charge is 0.272 e. The minimum absolute atomic E-state index is 0.0655. The molecule has 0 saturated heterocycles. The van der Waals surface area contributed by atoms with Crippen LogP contribution in [0.5, 0.6) is 0 Å². The normalized spacial score (nSPS) is 10.5. The molecule has 0 spiro atoms. The van der Waals surface area contributed by atoms with Crippen molar-refractivity contribution in [2.75, 3.05) is 5.32 Å². The second-order valence-electron chi connectivity index (χ2n) is 5.20. The molecule has 1 heterocycles. The van der Waals surface area contributed by atoms with Gasteiger partial charge in [-0.3, -0.25) is 9.59 Å². The highest BCUT2D eigenvalue weighted by molar-refractivity contribution is 6.04. The molecular weight excluding hydrogens is 266 g/mol. The van der Waals surface area contributed by atoms with Gasteiger partial charge in [0.15, 0.2) is 0 Å². The molecule has 0 fully saturated rings. The highest BCUT2D eigenvalue weighted by Gasteiger charge is 2.12. The van der Waals surface area contributed by atoms with E-state index in [1.807, 2.05) is 26.8 Å². The molecule has 0 aliphatic rings. The van der Waals surface area contributed by atoms with Gasteiger partial charge in [-0.1, -0.05) is 6.07 Å². The Hall–Kier alpha value is -2.56. The van der Waals surface area contributed by atoms with Crippen LogP contribution in [0.2, 0.25) is 0 Å². The number of amides is 2. The van der Waals surface area contributed by atoms with Crippen LogP contribution in [0.4, 0.5) is 5.69 Å². The average molecular weight is 285 g/mol. The maximum Gasteiger partial charge on any atom is 0.272 e. The van der Waals surface area contributed by atoms with Crippen LogP contribution in [-0.2, 0) is 0 Å². The SMILES string of the molecule is Cc1ccc(C(=O)NC(C)C)cc1NC(=O)c1ccc[nH]1. The molecule has 0 unspecified atom stereocenters. The van der Waals surface area contributed by atoms with Crippen molar-refractivity contribution in [3.8, 4) is 0 Å². The molecule has 1 aromatic heterocycles. The van der Waals surface area contributed by atoms with Crippen LogP contribution in [0, 0.1) is 6.92 Å². The van der Waals surface area contributed by atoms with Gasteiger partial charge in [0.2, 0.25) is 0 Å². The average Bonchev–Trinajstić information content (AvgIpc) is 2.94. The first-order chi connectivity index (χ1) is 9.97. The van der Waals surface area contributed by atoms with E-state index in [0.717, 1.165) is 5.56 Å². The fourth-order valence-corrected chi connectivity index (χ4v) is 1.90. The maximum absolute atomic E-state index is 12.0. The van der Waals surface area contributed by atoms with Crippen molar-refractivity contribution >= 4 is 17.5 Å². The van der Waals surface area contributed by atoms with Gasteiger partial charge < -0.3 is 15.6 Å². The molecule has 21 heavy (non-hydrogen) atoms. The molecule has 0 aliphatic heterocycles. The van der Waals surface area contributed by atoms with Crippen LogP contribution in [0.25, 0.3) is 0 Å². The number of rotatable bonds is 4. The summed E-state index contributed by atoms with van der Waals surface area (Å²) in [5.41, 5.74) is 2.53. The molecule has 1 aromatic carbocycles. The molecule has 0 atom stereocenters. The number of H-pyrrole nitrogens is 1. The standard InChI is InChI=1S/C16H19N3O2/c1-10(2)18-15(20)12-7-6-11(3)14(9-12)19-16(21)13-5-4-8-17-13/h4-10,17H,1-3H3,(H,18,20)(H,19,21). The number of benzene rings is 1. The highest BCUT2D eigenvalue weighted by Crippen LogP contribution is 2.18. The summed E-state index contributed by atoms with van der Waals surface area (Å²) in [4.78, 5) is 26.9. The minimum atomic E-state index is -0.232. The van der Waals surface area contributed by atoms with Crippen molar-refractivity contribution in [3.05, 3.63) is 53.3 Å². The first kappa shape index (κ1) is 14.8. The zero-order valence-electron chi connectivity index (χ0n) is 12.4. The van der Waals surface area contributed by atoms with Gasteiger partial charge in [0, 0.05) is 23.5 Å². The van der Waals surface area contributed by atoms with Crippen molar-refractivity contribution in [1.82, 2.24) is 10.3 Å². The summed E-state index contributed by atoms with van der Waals surface area (Å²) in [6.45, 7) is 5.69. The van der Waals surface area contributed by atoms with Crippen molar-refractivity contribution in [2.45, 2.75) is 26.8 Å². The molecule has 2 aromatic rings. The fraction of sp³-hybridized carbons (Fsp3) is 0.250. The van der Waals surface area contributed by atoms with Crippen LogP contribution in [0.1, 0.15) is 40.3 Å². The molecule has 5 heteroatoms. The van der Waals surface area contributed by atoms with Gasteiger partial charge in [0.25, 0.3) is 11.8 Å². The number of aromatic amines is 1. The highest BCUT2D eigenvalue weighted by atomic mass is 16.2. The van der Waals surface area contributed by atoms with Crippen LogP contribution >= 0.6 is 0 Å². The van der Waals surface area contributed by atoms with Crippen molar-refractivity contribution in [1.29, 1.82) is 0 Å².